The number of rotatable bonds is 4. The summed E-state index contributed by atoms with van der Waals surface area (Å²) < 4.78 is 0. The first-order valence-corrected chi connectivity index (χ1v) is 8.57. The largest absolute Gasteiger partial charge is 0.340 e. The van der Waals surface area contributed by atoms with Crippen molar-refractivity contribution in [3.8, 4) is 0 Å². The van der Waals surface area contributed by atoms with Gasteiger partial charge in [-0.15, -0.1) is 0 Å². The van der Waals surface area contributed by atoms with Gasteiger partial charge in [0.2, 0.25) is 11.8 Å². The summed E-state index contributed by atoms with van der Waals surface area (Å²) >= 11 is 0. The summed E-state index contributed by atoms with van der Waals surface area (Å²) in [5.41, 5.74) is -1.32. The molecule has 2 unspecified atom stereocenters. The zero-order chi connectivity index (χ0) is 15.7. The van der Waals surface area contributed by atoms with Gasteiger partial charge < -0.3 is 10.2 Å². The van der Waals surface area contributed by atoms with Crippen LogP contribution in [0.3, 0.4) is 0 Å². The Hall–Kier alpha value is -1.06. The molecule has 0 bridgehead atoms. The van der Waals surface area contributed by atoms with Gasteiger partial charge >= 0.3 is 0 Å². The maximum absolute atomic E-state index is 13.1. The van der Waals surface area contributed by atoms with E-state index in [1.165, 1.54) is 6.42 Å². The van der Waals surface area contributed by atoms with E-state index in [4.69, 9.17) is 0 Å². The first-order chi connectivity index (χ1) is 9.91. The third-order valence-electron chi connectivity index (χ3n) is 5.50. The van der Waals surface area contributed by atoms with Gasteiger partial charge in [-0.05, 0) is 39.5 Å². The summed E-state index contributed by atoms with van der Waals surface area (Å²) in [6.45, 7) is 8.08. The fraction of sp³-hybridized carbons (Fsp3) is 0.882. The van der Waals surface area contributed by atoms with Crippen LogP contribution in [0.2, 0.25) is 0 Å². The molecule has 2 atom stereocenters. The van der Waals surface area contributed by atoms with Gasteiger partial charge in [0.15, 0.2) is 0 Å². The Morgan fingerprint density at radius 1 is 1.19 bits per heavy atom. The predicted molar refractivity (Wildman–Crippen MR) is 83.9 cm³/mol. The van der Waals surface area contributed by atoms with E-state index in [-0.39, 0.29) is 17.9 Å². The quantitative estimate of drug-likeness (QED) is 0.866. The number of carbonyl (C=O) groups excluding carboxylic acids is 2. The Labute approximate surface area is 128 Å². The number of piperazine rings is 1. The Bertz CT molecular complexity index is 415. The Morgan fingerprint density at radius 3 is 2.33 bits per heavy atom. The minimum atomic E-state index is -0.734. The van der Waals surface area contributed by atoms with Crippen LogP contribution in [-0.4, -0.2) is 33.8 Å². The first-order valence-electron chi connectivity index (χ1n) is 8.57. The molecule has 0 aromatic carbocycles. The van der Waals surface area contributed by atoms with Crippen molar-refractivity contribution in [3.05, 3.63) is 0 Å². The van der Waals surface area contributed by atoms with Gasteiger partial charge in [-0.2, -0.15) is 0 Å². The summed E-state index contributed by atoms with van der Waals surface area (Å²) in [7, 11) is 0. The van der Waals surface area contributed by atoms with Crippen molar-refractivity contribution in [2.75, 3.05) is 0 Å². The highest BCUT2D eigenvalue weighted by Gasteiger charge is 2.57. The minimum Gasteiger partial charge on any atom is -0.340 e. The van der Waals surface area contributed by atoms with Gasteiger partial charge in [-0.25, -0.2) is 0 Å². The van der Waals surface area contributed by atoms with Gasteiger partial charge in [-0.3, -0.25) is 9.59 Å². The predicted octanol–water partition coefficient (Wildman–Crippen LogP) is 3.01. The van der Waals surface area contributed by atoms with E-state index in [9.17, 15) is 9.59 Å². The third kappa shape index (κ3) is 2.58. The number of hydrogen-bond donors (Lipinski definition) is 1. The molecule has 1 heterocycles. The van der Waals surface area contributed by atoms with E-state index < -0.39 is 11.1 Å². The van der Waals surface area contributed by atoms with E-state index in [0.29, 0.717) is 6.42 Å². The summed E-state index contributed by atoms with van der Waals surface area (Å²) in [5.74, 6) is 0.196. The van der Waals surface area contributed by atoms with Crippen LogP contribution in [-0.2, 0) is 9.59 Å². The molecule has 1 saturated heterocycles. The van der Waals surface area contributed by atoms with Crippen molar-refractivity contribution < 1.29 is 9.59 Å². The maximum Gasteiger partial charge on any atom is 0.249 e. The molecule has 0 radical (unpaired) electrons. The minimum absolute atomic E-state index is 0.0779. The fourth-order valence-electron chi connectivity index (χ4n) is 4.00. The SMILES string of the molecule is CCCC(C)N1C(=O)C(C)(CC)NC(=O)C12CCCCC2. The molecule has 1 saturated carbocycles. The Kier molecular flexibility index (Phi) is 4.64. The number of amides is 2. The standard InChI is InChI=1S/C17H30N2O2/c1-5-10-13(3)19-15(21)16(4,6-2)18-14(20)17(19)11-8-7-9-12-17/h13H,5-12H2,1-4H3,(H,18,20). The molecule has 2 rings (SSSR count). The van der Waals surface area contributed by atoms with Crippen LogP contribution in [0, 0.1) is 0 Å². The smallest absolute Gasteiger partial charge is 0.249 e. The molecule has 21 heavy (non-hydrogen) atoms. The molecular weight excluding hydrogens is 264 g/mol. The lowest BCUT2D eigenvalue weighted by atomic mass is 9.74. The summed E-state index contributed by atoms with van der Waals surface area (Å²) in [6, 6.07) is 0.137. The van der Waals surface area contributed by atoms with Crippen molar-refractivity contribution in [2.45, 2.75) is 96.2 Å². The zero-order valence-electron chi connectivity index (χ0n) is 14.0. The van der Waals surface area contributed by atoms with Crippen LogP contribution in [0.5, 0.6) is 0 Å². The van der Waals surface area contributed by atoms with Gasteiger partial charge in [0.05, 0.1) is 0 Å². The zero-order valence-corrected chi connectivity index (χ0v) is 14.0. The van der Waals surface area contributed by atoms with Crippen LogP contribution in [0.15, 0.2) is 0 Å². The third-order valence-corrected chi connectivity index (χ3v) is 5.50. The van der Waals surface area contributed by atoms with Crippen LogP contribution in [0.25, 0.3) is 0 Å². The molecule has 0 aromatic rings. The van der Waals surface area contributed by atoms with Gasteiger partial charge in [-0.1, -0.05) is 39.5 Å². The van der Waals surface area contributed by atoms with Crippen LogP contribution in [0.1, 0.15) is 79.1 Å². The molecule has 2 fully saturated rings. The normalized spacial score (nSPS) is 30.4. The average molecular weight is 294 g/mol. The van der Waals surface area contributed by atoms with Crippen molar-refractivity contribution in [2.24, 2.45) is 0 Å². The van der Waals surface area contributed by atoms with E-state index >= 15 is 0 Å². The van der Waals surface area contributed by atoms with Crippen molar-refractivity contribution in [1.82, 2.24) is 10.2 Å². The summed E-state index contributed by atoms with van der Waals surface area (Å²) in [4.78, 5) is 28.0. The Balaban J connectivity index is 2.42. The molecule has 1 aliphatic heterocycles. The molecule has 1 aliphatic carbocycles. The maximum atomic E-state index is 13.1. The molecule has 1 spiro atoms. The molecule has 2 aliphatic rings. The van der Waals surface area contributed by atoms with E-state index in [1.54, 1.807) is 0 Å². The van der Waals surface area contributed by atoms with Crippen molar-refractivity contribution in [1.29, 1.82) is 0 Å². The monoisotopic (exact) mass is 294 g/mol. The van der Waals surface area contributed by atoms with E-state index in [0.717, 1.165) is 38.5 Å². The topological polar surface area (TPSA) is 49.4 Å². The highest BCUT2D eigenvalue weighted by molar-refractivity contribution is 6.02. The van der Waals surface area contributed by atoms with Gasteiger partial charge in [0, 0.05) is 6.04 Å². The lowest BCUT2D eigenvalue weighted by molar-refractivity contribution is -0.169. The average Bonchev–Trinajstić information content (AvgIpc) is 2.47. The molecule has 4 nitrogen and oxygen atoms in total. The molecule has 4 heteroatoms. The molecule has 120 valence electrons. The molecule has 1 N–H and O–H groups in total. The first kappa shape index (κ1) is 16.3. The van der Waals surface area contributed by atoms with Crippen LogP contribution in [0.4, 0.5) is 0 Å². The number of hydrogen-bond acceptors (Lipinski definition) is 2. The summed E-state index contributed by atoms with van der Waals surface area (Å²) in [6.07, 6.45) is 7.52. The Morgan fingerprint density at radius 2 is 1.81 bits per heavy atom. The lowest BCUT2D eigenvalue weighted by Gasteiger charge is -2.55. The van der Waals surface area contributed by atoms with Gasteiger partial charge in [0.25, 0.3) is 0 Å². The highest BCUT2D eigenvalue weighted by Crippen LogP contribution is 2.41. The second-order valence-corrected chi connectivity index (χ2v) is 7.04. The lowest BCUT2D eigenvalue weighted by Crippen LogP contribution is -2.76. The van der Waals surface area contributed by atoms with Crippen molar-refractivity contribution >= 4 is 11.8 Å². The number of nitrogens with one attached hydrogen (secondary N) is 1. The van der Waals surface area contributed by atoms with Crippen molar-refractivity contribution in [3.63, 3.8) is 0 Å². The second-order valence-electron chi connectivity index (χ2n) is 7.04. The van der Waals surface area contributed by atoms with Crippen LogP contribution < -0.4 is 5.32 Å². The number of nitrogens with zero attached hydrogens (tertiary/aromatic N) is 1. The van der Waals surface area contributed by atoms with Gasteiger partial charge in [0.1, 0.15) is 11.1 Å². The van der Waals surface area contributed by atoms with E-state index in [2.05, 4.69) is 19.2 Å². The summed E-state index contributed by atoms with van der Waals surface area (Å²) in [5, 5.41) is 3.05. The van der Waals surface area contributed by atoms with Crippen LogP contribution >= 0.6 is 0 Å². The number of carbonyl (C=O) groups is 2. The molecule has 2 amide bonds. The molecule has 0 aromatic heterocycles. The fourth-order valence-corrected chi connectivity index (χ4v) is 4.00. The second kappa shape index (κ2) is 5.98. The van der Waals surface area contributed by atoms with E-state index in [1.807, 2.05) is 18.7 Å². The highest BCUT2D eigenvalue weighted by atomic mass is 16.2. The molecular formula is C17H30N2O2.